The molecular weight excluding hydrogens is 155 g/mol. The first kappa shape index (κ1) is 10.3. The number of terminal acetylenes is 1. The first-order valence-corrected chi connectivity index (χ1v) is 3.20. The molecule has 0 aromatic carbocycles. The molecule has 4 heteroatoms. The van der Waals surface area contributed by atoms with Gasteiger partial charge in [-0.05, 0) is 12.5 Å². The van der Waals surface area contributed by atoms with E-state index < -0.39 is 18.5 Å². The molecule has 0 bridgehead atoms. The fraction of sp³-hybridized carbons (Fsp3) is 0.714. The number of rotatable bonds is 3. The van der Waals surface area contributed by atoms with Crippen LogP contribution in [0, 0.1) is 18.3 Å². The van der Waals surface area contributed by atoms with Gasteiger partial charge >= 0.3 is 6.18 Å². The number of nitrogens with two attached hydrogens (primary N) is 1. The molecule has 0 spiro atoms. The summed E-state index contributed by atoms with van der Waals surface area (Å²) in [6.07, 6.45) is -0.0889. The van der Waals surface area contributed by atoms with Gasteiger partial charge in [-0.25, -0.2) is 0 Å². The lowest BCUT2D eigenvalue weighted by atomic mass is 10.0. The molecule has 0 aliphatic heterocycles. The van der Waals surface area contributed by atoms with Crippen molar-refractivity contribution in [1.82, 2.24) is 0 Å². The van der Waals surface area contributed by atoms with Crippen molar-refractivity contribution in [2.75, 3.05) is 6.54 Å². The van der Waals surface area contributed by atoms with E-state index in [1.54, 1.807) is 0 Å². The fourth-order valence-corrected chi connectivity index (χ4v) is 0.733. The fourth-order valence-electron chi connectivity index (χ4n) is 0.733. The molecule has 0 amide bonds. The molecule has 2 N–H and O–H groups in total. The van der Waals surface area contributed by atoms with Crippen molar-refractivity contribution in [1.29, 1.82) is 0 Å². The lowest BCUT2D eigenvalue weighted by molar-refractivity contribution is -0.143. The highest BCUT2D eigenvalue weighted by molar-refractivity contribution is 4.87. The van der Waals surface area contributed by atoms with Crippen LogP contribution in [0.5, 0.6) is 0 Å². The third-order valence-electron chi connectivity index (χ3n) is 1.26. The molecule has 0 aromatic rings. The summed E-state index contributed by atoms with van der Waals surface area (Å²) >= 11 is 0. The summed E-state index contributed by atoms with van der Waals surface area (Å²) in [5.74, 6) is 1.54. The molecule has 0 unspecified atom stereocenters. The van der Waals surface area contributed by atoms with E-state index in [9.17, 15) is 13.2 Å². The Balaban J connectivity index is 3.80. The summed E-state index contributed by atoms with van der Waals surface area (Å²) in [4.78, 5) is 0. The molecule has 0 saturated heterocycles. The molecule has 0 heterocycles. The summed E-state index contributed by atoms with van der Waals surface area (Å²) < 4.78 is 35.1. The minimum absolute atomic E-state index is 0.0102. The second kappa shape index (κ2) is 4.24. The second-order valence-electron chi connectivity index (χ2n) is 2.33. The number of hydrogen-bond acceptors (Lipinski definition) is 1. The summed E-state index contributed by atoms with van der Waals surface area (Å²) in [5.41, 5.74) is 5.07. The van der Waals surface area contributed by atoms with Gasteiger partial charge < -0.3 is 5.73 Å². The van der Waals surface area contributed by atoms with Gasteiger partial charge in [0.25, 0.3) is 0 Å². The van der Waals surface area contributed by atoms with Gasteiger partial charge in [0.1, 0.15) is 0 Å². The van der Waals surface area contributed by atoms with Crippen molar-refractivity contribution in [3.05, 3.63) is 0 Å². The van der Waals surface area contributed by atoms with Crippen LogP contribution in [0.15, 0.2) is 0 Å². The maximum Gasteiger partial charge on any atom is 0.389 e. The average Bonchev–Trinajstić information content (AvgIpc) is 1.84. The third kappa shape index (κ3) is 5.74. The largest absolute Gasteiger partial charge is 0.389 e. The molecule has 0 rings (SSSR count). The zero-order valence-electron chi connectivity index (χ0n) is 5.99. The lowest BCUT2D eigenvalue weighted by Gasteiger charge is -2.13. The van der Waals surface area contributed by atoms with E-state index >= 15 is 0 Å². The minimum atomic E-state index is -4.15. The molecule has 0 aliphatic rings. The van der Waals surface area contributed by atoms with Crippen LogP contribution in [-0.2, 0) is 0 Å². The molecule has 0 saturated carbocycles. The number of halogens is 3. The highest BCUT2D eigenvalue weighted by Crippen LogP contribution is 2.25. The van der Waals surface area contributed by atoms with Gasteiger partial charge in [-0.15, -0.1) is 12.3 Å². The topological polar surface area (TPSA) is 26.0 Å². The number of alkyl halides is 3. The zero-order chi connectivity index (χ0) is 8.91. The predicted molar refractivity (Wildman–Crippen MR) is 36.7 cm³/mol. The van der Waals surface area contributed by atoms with Gasteiger partial charge in [-0.2, -0.15) is 13.2 Å². The van der Waals surface area contributed by atoms with Crippen molar-refractivity contribution in [2.24, 2.45) is 11.7 Å². The summed E-state index contributed by atoms with van der Waals surface area (Å²) in [6.45, 7) is -0.0102. The Bertz CT molecular complexity index is 145. The Hall–Kier alpha value is -0.690. The van der Waals surface area contributed by atoms with Crippen LogP contribution in [0.3, 0.4) is 0 Å². The van der Waals surface area contributed by atoms with E-state index in [1.165, 1.54) is 0 Å². The van der Waals surface area contributed by atoms with Gasteiger partial charge in [0.2, 0.25) is 0 Å². The molecule has 0 aliphatic carbocycles. The summed E-state index contributed by atoms with van der Waals surface area (Å²) in [5, 5.41) is 0. The maximum absolute atomic E-state index is 11.7. The van der Waals surface area contributed by atoms with E-state index in [2.05, 4.69) is 5.92 Å². The number of hydrogen-bond donors (Lipinski definition) is 1. The van der Waals surface area contributed by atoms with Crippen LogP contribution in [0.1, 0.15) is 12.8 Å². The molecule has 0 radical (unpaired) electrons. The van der Waals surface area contributed by atoms with E-state index in [0.717, 1.165) is 0 Å². The highest BCUT2D eigenvalue weighted by atomic mass is 19.4. The van der Waals surface area contributed by atoms with Crippen molar-refractivity contribution >= 4 is 0 Å². The Labute approximate surface area is 63.8 Å². The zero-order valence-corrected chi connectivity index (χ0v) is 5.99. The van der Waals surface area contributed by atoms with Gasteiger partial charge in [-0.1, -0.05) is 0 Å². The minimum Gasteiger partial charge on any atom is -0.330 e. The van der Waals surface area contributed by atoms with E-state index in [4.69, 9.17) is 12.2 Å². The Morgan fingerprint density at radius 1 is 1.45 bits per heavy atom. The van der Waals surface area contributed by atoms with Gasteiger partial charge in [0.15, 0.2) is 0 Å². The second-order valence-corrected chi connectivity index (χ2v) is 2.33. The normalized spacial score (nSPS) is 14.1. The van der Waals surface area contributed by atoms with Crippen LogP contribution in [0.4, 0.5) is 13.2 Å². The molecule has 1 nitrogen and oxygen atoms in total. The van der Waals surface area contributed by atoms with Crippen LogP contribution in [0.25, 0.3) is 0 Å². The van der Waals surface area contributed by atoms with Crippen LogP contribution in [0.2, 0.25) is 0 Å². The highest BCUT2D eigenvalue weighted by Gasteiger charge is 2.30. The SMILES string of the molecule is C#CC[C@H](CN)CC(F)(F)F. The Morgan fingerprint density at radius 2 is 2.00 bits per heavy atom. The van der Waals surface area contributed by atoms with Gasteiger partial charge in [0, 0.05) is 12.8 Å². The molecule has 11 heavy (non-hydrogen) atoms. The first-order valence-electron chi connectivity index (χ1n) is 3.20. The van der Waals surface area contributed by atoms with Gasteiger partial charge in [0.05, 0.1) is 0 Å². The lowest BCUT2D eigenvalue weighted by Crippen LogP contribution is -2.21. The molecule has 64 valence electrons. The molecule has 0 aromatic heterocycles. The van der Waals surface area contributed by atoms with Gasteiger partial charge in [-0.3, -0.25) is 0 Å². The van der Waals surface area contributed by atoms with Crippen LogP contribution < -0.4 is 5.73 Å². The molecule has 1 atom stereocenters. The Morgan fingerprint density at radius 3 is 2.27 bits per heavy atom. The monoisotopic (exact) mass is 165 g/mol. The first-order chi connectivity index (χ1) is 4.99. The van der Waals surface area contributed by atoms with Crippen molar-refractivity contribution < 1.29 is 13.2 Å². The summed E-state index contributed by atoms with van der Waals surface area (Å²) in [7, 11) is 0. The quantitative estimate of drug-likeness (QED) is 0.630. The van der Waals surface area contributed by atoms with E-state index in [-0.39, 0.29) is 13.0 Å². The predicted octanol–water partition coefficient (Wildman–Crippen LogP) is 1.54. The molecule has 0 fully saturated rings. The average molecular weight is 165 g/mol. The van der Waals surface area contributed by atoms with Crippen LogP contribution >= 0.6 is 0 Å². The summed E-state index contributed by atoms with van der Waals surface area (Å²) in [6, 6.07) is 0. The van der Waals surface area contributed by atoms with Crippen LogP contribution in [-0.4, -0.2) is 12.7 Å². The van der Waals surface area contributed by atoms with E-state index in [1.807, 2.05) is 0 Å². The Kier molecular flexibility index (Phi) is 3.98. The van der Waals surface area contributed by atoms with Crippen molar-refractivity contribution in [3.8, 4) is 12.3 Å². The van der Waals surface area contributed by atoms with E-state index in [0.29, 0.717) is 0 Å². The maximum atomic E-state index is 11.7. The smallest absolute Gasteiger partial charge is 0.330 e. The van der Waals surface area contributed by atoms with Crippen molar-refractivity contribution in [3.63, 3.8) is 0 Å². The van der Waals surface area contributed by atoms with Crippen molar-refractivity contribution in [2.45, 2.75) is 19.0 Å². The standard InChI is InChI=1S/C7H10F3N/c1-2-3-6(5-11)4-7(8,9)10/h1,6H,3-5,11H2/t6-/m0/s1. The third-order valence-corrected chi connectivity index (χ3v) is 1.26. The molecular formula is C7H10F3N.